The van der Waals surface area contributed by atoms with E-state index in [-0.39, 0.29) is 5.02 Å². The van der Waals surface area contributed by atoms with Crippen LogP contribution < -0.4 is 5.32 Å². The van der Waals surface area contributed by atoms with Gasteiger partial charge in [0.15, 0.2) is 0 Å². The third kappa shape index (κ3) is 2.19. The number of nitrogens with zero attached hydrogens (tertiary/aromatic N) is 1. The number of H-pyrrole nitrogens is 1. The van der Waals surface area contributed by atoms with E-state index in [1.165, 1.54) is 11.6 Å². The van der Waals surface area contributed by atoms with Crippen molar-refractivity contribution in [2.45, 2.75) is 13.3 Å². The molecule has 3 nitrogen and oxygen atoms in total. The number of halogens is 2. The number of benzene rings is 1. The number of aromatic nitrogens is 2. The Kier molecular flexibility index (Phi) is 3.16. The van der Waals surface area contributed by atoms with Crippen LogP contribution in [0.3, 0.4) is 0 Å². The van der Waals surface area contributed by atoms with Crippen LogP contribution in [-0.2, 0) is 6.42 Å². The molecule has 0 radical (unpaired) electrons. The highest BCUT2D eigenvalue weighted by atomic mass is 35.5. The van der Waals surface area contributed by atoms with E-state index < -0.39 is 5.82 Å². The van der Waals surface area contributed by atoms with E-state index in [4.69, 9.17) is 11.6 Å². The van der Waals surface area contributed by atoms with Crippen LogP contribution in [0, 0.1) is 5.82 Å². The molecule has 2 aromatic heterocycles. The van der Waals surface area contributed by atoms with E-state index in [2.05, 4.69) is 27.8 Å². The van der Waals surface area contributed by atoms with Crippen molar-refractivity contribution in [3.63, 3.8) is 0 Å². The zero-order valence-corrected chi connectivity index (χ0v) is 11.7. The molecule has 0 saturated carbocycles. The van der Waals surface area contributed by atoms with Gasteiger partial charge in [-0.05, 0) is 35.6 Å². The minimum absolute atomic E-state index is 0.0989. The largest absolute Gasteiger partial charge is 0.340 e. The van der Waals surface area contributed by atoms with Gasteiger partial charge in [-0.25, -0.2) is 4.39 Å². The normalized spacial score (nSPS) is 11.1. The molecule has 0 bridgehead atoms. The number of hydrogen-bond donors (Lipinski definition) is 2. The van der Waals surface area contributed by atoms with E-state index in [0.717, 1.165) is 28.1 Å². The number of rotatable bonds is 3. The fourth-order valence-corrected chi connectivity index (χ4v) is 3.13. The van der Waals surface area contributed by atoms with Crippen molar-refractivity contribution in [3.05, 3.63) is 40.0 Å². The van der Waals surface area contributed by atoms with Crippen LogP contribution in [0.1, 0.15) is 12.5 Å². The quantitative estimate of drug-likeness (QED) is 0.734. The smallest absolute Gasteiger partial charge is 0.147 e. The van der Waals surface area contributed by atoms with Crippen LogP contribution in [0.2, 0.25) is 5.02 Å². The molecule has 0 spiro atoms. The maximum absolute atomic E-state index is 13.1. The zero-order valence-electron chi connectivity index (χ0n) is 10.1. The fraction of sp³-hybridized carbons (Fsp3) is 0.154. The number of nitrogens with one attached hydrogen (secondary N) is 2. The van der Waals surface area contributed by atoms with E-state index >= 15 is 0 Å². The first-order chi connectivity index (χ1) is 9.19. The van der Waals surface area contributed by atoms with Crippen molar-refractivity contribution < 1.29 is 4.39 Å². The molecule has 0 amide bonds. The lowest BCUT2D eigenvalue weighted by Crippen LogP contribution is -1.92. The number of aryl methyl sites for hydroxylation is 1. The molecule has 2 heterocycles. The molecular weight excluding hydrogens is 285 g/mol. The van der Waals surface area contributed by atoms with Gasteiger partial charge in [0.25, 0.3) is 0 Å². The second kappa shape index (κ2) is 4.83. The standard InChI is InChI=1S/C13H11ClFN3S/c1-2-7-6-19-13-11(7)12(17-18-13)16-8-3-4-10(15)9(14)5-8/h3-6H,2H2,1H3,(H2,16,17,18). The Hall–Kier alpha value is -1.59. The molecule has 19 heavy (non-hydrogen) atoms. The van der Waals surface area contributed by atoms with Crippen molar-refractivity contribution in [1.29, 1.82) is 0 Å². The molecule has 98 valence electrons. The summed E-state index contributed by atoms with van der Waals surface area (Å²) in [6.45, 7) is 2.10. The number of anilines is 2. The monoisotopic (exact) mass is 295 g/mol. The van der Waals surface area contributed by atoms with Crippen molar-refractivity contribution in [2.24, 2.45) is 0 Å². The molecule has 1 aromatic carbocycles. The molecule has 0 unspecified atom stereocenters. The lowest BCUT2D eigenvalue weighted by atomic mass is 10.2. The first-order valence-electron chi connectivity index (χ1n) is 5.85. The minimum Gasteiger partial charge on any atom is -0.340 e. The highest BCUT2D eigenvalue weighted by molar-refractivity contribution is 7.17. The lowest BCUT2D eigenvalue weighted by molar-refractivity contribution is 0.628. The predicted octanol–water partition coefficient (Wildman–Crippen LogP) is 4.72. The first-order valence-corrected chi connectivity index (χ1v) is 7.11. The Balaban J connectivity index is 2.00. The number of fused-ring (bicyclic) bond motifs is 1. The molecule has 0 saturated heterocycles. The number of thiophene rings is 1. The Labute approximate surface area is 118 Å². The van der Waals surface area contributed by atoms with E-state index in [1.807, 2.05) is 0 Å². The van der Waals surface area contributed by atoms with Crippen molar-refractivity contribution in [2.75, 3.05) is 5.32 Å². The lowest BCUT2D eigenvalue weighted by Gasteiger charge is -2.05. The minimum atomic E-state index is -0.424. The summed E-state index contributed by atoms with van der Waals surface area (Å²) >= 11 is 7.38. The Morgan fingerprint density at radius 3 is 3.05 bits per heavy atom. The summed E-state index contributed by atoms with van der Waals surface area (Å²) < 4.78 is 13.1. The molecular formula is C13H11ClFN3S. The number of aromatic amines is 1. The summed E-state index contributed by atoms with van der Waals surface area (Å²) in [6.07, 6.45) is 0.943. The van der Waals surface area contributed by atoms with Gasteiger partial charge in [0, 0.05) is 5.69 Å². The third-order valence-corrected chi connectivity index (χ3v) is 4.15. The van der Waals surface area contributed by atoms with Gasteiger partial charge in [-0.3, -0.25) is 5.10 Å². The maximum atomic E-state index is 13.1. The van der Waals surface area contributed by atoms with Gasteiger partial charge in [0.05, 0.1) is 10.4 Å². The third-order valence-electron chi connectivity index (χ3n) is 2.94. The van der Waals surface area contributed by atoms with Gasteiger partial charge < -0.3 is 5.32 Å². The molecule has 0 fully saturated rings. The second-order valence-electron chi connectivity index (χ2n) is 4.15. The highest BCUT2D eigenvalue weighted by Gasteiger charge is 2.12. The van der Waals surface area contributed by atoms with Crippen LogP contribution in [0.5, 0.6) is 0 Å². The second-order valence-corrected chi connectivity index (χ2v) is 5.41. The summed E-state index contributed by atoms with van der Waals surface area (Å²) in [7, 11) is 0. The summed E-state index contributed by atoms with van der Waals surface area (Å²) in [4.78, 5) is 0.965. The molecule has 3 aromatic rings. The average molecular weight is 296 g/mol. The van der Waals surface area contributed by atoms with Gasteiger partial charge in [-0.2, -0.15) is 5.10 Å². The van der Waals surface area contributed by atoms with Crippen LogP contribution in [0.15, 0.2) is 23.6 Å². The molecule has 0 aliphatic rings. The zero-order chi connectivity index (χ0) is 13.4. The van der Waals surface area contributed by atoms with Gasteiger partial charge in [-0.15, -0.1) is 11.3 Å². The van der Waals surface area contributed by atoms with Crippen molar-refractivity contribution >= 4 is 44.7 Å². The average Bonchev–Trinajstić information content (AvgIpc) is 2.97. The van der Waals surface area contributed by atoms with Gasteiger partial charge in [-0.1, -0.05) is 18.5 Å². The van der Waals surface area contributed by atoms with Gasteiger partial charge in [0.1, 0.15) is 16.5 Å². The van der Waals surface area contributed by atoms with Crippen LogP contribution >= 0.6 is 22.9 Å². The Morgan fingerprint density at radius 1 is 1.47 bits per heavy atom. The molecule has 2 N–H and O–H groups in total. The summed E-state index contributed by atoms with van der Waals surface area (Å²) in [6, 6.07) is 4.54. The van der Waals surface area contributed by atoms with Gasteiger partial charge in [0.2, 0.25) is 0 Å². The first kappa shape index (κ1) is 12.4. The summed E-state index contributed by atoms with van der Waals surface area (Å²) in [5.41, 5.74) is 1.97. The number of hydrogen-bond acceptors (Lipinski definition) is 3. The summed E-state index contributed by atoms with van der Waals surface area (Å²) in [5, 5.41) is 13.7. The van der Waals surface area contributed by atoms with E-state index in [0.29, 0.717) is 0 Å². The Bertz CT molecular complexity index is 735. The van der Waals surface area contributed by atoms with E-state index in [1.54, 1.807) is 23.5 Å². The topological polar surface area (TPSA) is 40.7 Å². The molecule has 0 atom stereocenters. The molecule has 0 aliphatic heterocycles. The SMILES string of the molecule is CCc1csc2n[nH]c(Nc3ccc(F)c(Cl)c3)c12. The molecule has 6 heteroatoms. The van der Waals surface area contributed by atoms with E-state index in [9.17, 15) is 4.39 Å². The van der Waals surface area contributed by atoms with Crippen molar-refractivity contribution in [3.8, 4) is 0 Å². The van der Waals surface area contributed by atoms with Crippen LogP contribution in [0.4, 0.5) is 15.9 Å². The fourth-order valence-electron chi connectivity index (χ4n) is 1.96. The molecule has 0 aliphatic carbocycles. The van der Waals surface area contributed by atoms with Crippen LogP contribution in [0.25, 0.3) is 10.2 Å². The highest BCUT2D eigenvalue weighted by Crippen LogP contribution is 2.32. The van der Waals surface area contributed by atoms with Gasteiger partial charge >= 0.3 is 0 Å². The maximum Gasteiger partial charge on any atom is 0.147 e. The van der Waals surface area contributed by atoms with Crippen molar-refractivity contribution in [1.82, 2.24) is 10.2 Å². The summed E-state index contributed by atoms with van der Waals surface area (Å²) in [5.74, 6) is 0.391. The predicted molar refractivity (Wildman–Crippen MR) is 78.0 cm³/mol. The molecule has 3 rings (SSSR count). The van der Waals surface area contributed by atoms with Crippen LogP contribution in [-0.4, -0.2) is 10.2 Å². The Morgan fingerprint density at radius 2 is 2.32 bits per heavy atom.